The Kier molecular flexibility index (Phi) is 7.55. The maximum absolute atomic E-state index is 12.5. The molecule has 0 radical (unpaired) electrons. The monoisotopic (exact) mass is 566 g/mol. The van der Waals surface area contributed by atoms with E-state index >= 15 is 0 Å². The van der Waals surface area contributed by atoms with Crippen molar-refractivity contribution < 1.29 is 22.8 Å². The lowest BCUT2D eigenvalue weighted by Gasteiger charge is -2.55. The number of fused-ring (bicyclic) bond motifs is 3. The van der Waals surface area contributed by atoms with Gasteiger partial charge < -0.3 is 10.1 Å². The van der Waals surface area contributed by atoms with Crippen LogP contribution in [0.25, 0.3) is 11.1 Å². The summed E-state index contributed by atoms with van der Waals surface area (Å²) in [5.41, 5.74) is 5.83. The molecule has 0 aliphatic heterocycles. The van der Waals surface area contributed by atoms with Gasteiger partial charge in [-0.1, -0.05) is 70.5 Å². The van der Waals surface area contributed by atoms with E-state index in [9.17, 15) is 23.3 Å². The van der Waals surface area contributed by atoms with Gasteiger partial charge in [-0.15, -0.1) is 13.2 Å². The molecule has 1 saturated carbocycles. The lowest BCUT2D eigenvalue weighted by atomic mass is 9.49. The third-order valence-electron chi connectivity index (χ3n) is 9.47. The minimum Gasteiger partial charge on any atom is -0.406 e. The molecule has 1 fully saturated rings. The van der Waals surface area contributed by atoms with Crippen molar-refractivity contribution in [1.29, 1.82) is 0 Å². The van der Waals surface area contributed by atoms with Crippen molar-refractivity contribution in [2.24, 2.45) is 11.3 Å². The van der Waals surface area contributed by atoms with E-state index < -0.39 is 11.3 Å². The summed E-state index contributed by atoms with van der Waals surface area (Å²) in [7, 11) is 0. The minimum atomic E-state index is -4.78. The maximum atomic E-state index is 12.5. The fraction of sp³-hybridized carbons (Fsp3) is 0.455. The van der Waals surface area contributed by atoms with E-state index in [-0.39, 0.29) is 22.3 Å². The van der Waals surface area contributed by atoms with Crippen LogP contribution in [0, 0.1) is 21.4 Å². The Morgan fingerprint density at radius 1 is 1.02 bits per heavy atom. The van der Waals surface area contributed by atoms with Crippen molar-refractivity contribution in [3.63, 3.8) is 0 Å². The van der Waals surface area contributed by atoms with Crippen LogP contribution in [0.1, 0.15) is 76.0 Å². The Morgan fingerprint density at radius 3 is 2.39 bits per heavy atom. The Labute approximate surface area is 239 Å². The first-order valence-corrected chi connectivity index (χ1v) is 14.3. The molecule has 2 aliphatic carbocycles. The molecule has 1 N–H and O–H groups in total. The zero-order valence-corrected chi connectivity index (χ0v) is 24.0. The van der Waals surface area contributed by atoms with E-state index in [2.05, 4.69) is 55.9 Å². The van der Waals surface area contributed by atoms with Crippen LogP contribution in [0.3, 0.4) is 0 Å². The van der Waals surface area contributed by atoms with Crippen LogP contribution < -0.4 is 10.1 Å². The smallest absolute Gasteiger partial charge is 0.406 e. The van der Waals surface area contributed by atoms with Gasteiger partial charge in [0.15, 0.2) is 0 Å². The Bertz CT molecular complexity index is 1440. The quantitative estimate of drug-likeness (QED) is 0.229. The van der Waals surface area contributed by atoms with Gasteiger partial charge in [0.05, 0.1) is 4.92 Å². The molecule has 0 saturated heterocycles. The Balaban J connectivity index is 1.36. The summed E-state index contributed by atoms with van der Waals surface area (Å²) < 4.78 is 41.4. The number of aryl methyl sites for hydroxylation is 1. The number of ether oxygens (including phenoxy) is 1. The van der Waals surface area contributed by atoms with E-state index in [0.717, 1.165) is 32.1 Å². The Morgan fingerprint density at radius 2 is 1.73 bits per heavy atom. The molecule has 0 heterocycles. The largest absolute Gasteiger partial charge is 0.573 e. The van der Waals surface area contributed by atoms with Gasteiger partial charge >= 0.3 is 6.36 Å². The number of nitro benzene ring substituents is 1. The summed E-state index contributed by atoms with van der Waals surface area (Å²) in [5.74, 6) is 0.605. The standard InChI is InChI=1S/C33H37F3N2O3/c1-21(2)23-8-13-27-25(18-23)10-15-30-31(3,16-5-17-32(27,30)4)20-37-28-14-9-24(19-29(28)38(39)40)22-6-11-26(12-7-22)41-33(34,35)36/h6-9,11-14,18-19,21,30,37H,5,10,15-17,20H2,1-4H3/t30-,31+,32+/m0/s1. The predicted molar refractivity (Wildman–Crippen MR) is 155 cm³/mol. The van der Waals surface area contributed by atoms with Crippen LogP contribution in [0.5, 0.6) is 5.75 Å². The molecule has 5 nitrogen and oxygen atoms in total. The molecular weight excluding hydrogens is 529 g/mol. The lowest BCUT2D eigenvalue weighted by Crippen LogP contribution is -2.51. The third-order valence-corrected chi connectivity index (χ3v) is 9.47. The maximum Gasteiger partial charge on any atom is 0.573 e. The zero-order valence-electron chi connectivity index (χ0n) is 24.0. The topological polar surface area (TPSA) is 64.4 Å². The number of rotatable bonds is 7. The highest BCUT2D eigenvalue weighted by atomic mass is 19.4. The molecule has 0 bridgehead atoms. The van der Waals surface area contributed by atoms with Crippen LogP contribution in [-0.4, -0.2) is 17.8 Å². The average molecular weight is 567 g/mol. The molecule has 8 heteroatoms. The molecule has 0 amide bonds. The summed E-state index contributed by atoms with van der Waals surface area (Å²) in [6, 6.07) is 17.3. The molecule has 218 valence electrons. The third kappa shape index (κ3) is 5.79. The minimum absolute atomic E-state index is 0.0394. The van der Waals surface area contributed by atoms with Crippen molar-refractivity contribution in [1.82, 2.24) is 0 Å². The highest BCUT2D eigenvalue weighted by Crippen LogP contribution is 2.57. The summed E-state index contributed by atoms with van der Waals surface area (Å²) in [6.07, 6.45) is 0.663. The van der Waals surface area contributed by atoms with Crippen molar-refractivity contribution in [3.8, 4) is 16.9 Å². The second-order valence-corrected chi connectivity index (χ2v) is 12.5. The van der Waals surface area contributed by atoms with E-state index in [4.69, 9.17) is 0 Å². The van der Waals surface area contributed by atoms with Crippen LogP contribution in [0.15, 0.2) is 60.7 Å². The van der Waals surface area contributed by atoms with Gasteiger partial charge in [-0.2, -0.15) is 0 Å². The number of hydrogen-bond donors (Lipinski definition) is 1. The number of alkyl halides is 3. The molecule has 3 aromatic rings. The van der Waals surface area contributed by atoms with E-state index in [1.54, 1.807) is 12.1 Å². The van der Waals surface area contributed by atoms with Crippen LogP contribution in [-0.2, 0) is 11.8 Å². The SMILES string of the molecule is CC(C)c1ccc2c(c1)CC[C@H]1[C@@](C)(CNc3ccc(-c4ccc(OC(F)(F)F)cc4)cc3[N+](=O)[O-])CCC[C@]21C. The molecule has 41 heavy (non-hydrogen) atoms. The van der Waals surface area contributed by atoms with Crippen molar-refractivity contribution in [3.05, 3.63) is 87.5 Å². The van der Waals surface area contributed by atoms with Gasteiger partial charge in [-0.3, -0.25) is 10.1 Å². The molecule has 3 atom stereocenters. The number of nitrogens with one attached hydrogen (secondary N) is 1. The zero-order chi connectivity index (χ0) is 29.6. The average Bonchev–Trinajstić information content (AvgIpc) is 2.91. The van der Waals surface area contributed by atoms with E-state index in [0.29, 0.717) is 35.2 Å². The molecule has 3 aromatic carbocycles. The predicted octanol–water partition coefficient (Wildman–Crippen LogP) is 9.41. The number of nitro groups is 1. The Hall–Kier alpha value is -3.55. The first kappa shape index (κ1) is 29.0. The number of benzene rings is 3. The first-order chi connectivity index (χ1) is 19.3. The number of hydrogen-bond acceptors (Lipinski definition) is 4. The summed E-state index contributed by atoms with van der Waals surface area (Å²) >= 11 is 0. The van der Waals surface area contributed by atoms with Gasteiger partial charge in [-0.05, 0) is 94.4 Å². The van der Waals surface area contributed by atoms with Crippen LogP contribution in [0.4, 0.5) is 24.5 Å². The fourth-order valence-corrected chi connectivity index (χ4v) is 7.37. The van der Waals surface area contributed by atoms with Gasteiger partial charge in [-0.25, -0.2) is 0 Å². The van der Waals surface area contributed by atoms with Gasteiger partial charge in [0.25, 0.3) is 5.69 Å². The first-order valence-electron chi connectivity index (χ1n) is 14.3. The normalized spacial score (nSPS) is 24.0. The second kappa shape index (κ2) is 10.7. The summed E-state index contributed by atoms with van der Waals surface area (Å²) in [6.45, 7) is 9.81. The highest BCUT2D eigenvalue weighted by molar-refractivity contribution is 5.73. The number of anilines is 1. The highest BCUT2D eigenvalue weighted by Gasteiger charge is 2.51. The van der Waals surface area contributed by atoms with Gasteiger partial charge in [0.1, 0.15) is 11.4 Å². The van der Waals surface area contributed by atoms with Crippen molar-refractivity contribution in [2.45, 2.75) is 77.5 Å². The van der Waals surface area contributed by atoms with Gasteiger partial charge in [0.2, 0.25) is 0 Å². The summed E-state index contributed by atoms with van der Waals surface area (Å²) in [4.78, 5) is 11.6. The molecule has 2 aliphatic rings. The summed E-state index contributed by atoms with van der Waals surface area (Å²) in [5, 5.41) is 15.5. The van der Waals surface area contributed by atoms with E-state index in [1.807, 2.05) is 0 Å². The van der Waals surface area contributed by atoms with Crippen LogP contribution in [0.2, 0.25) is 0 Å². The lowest BCUT2D eigenvalue weighted by molar-refractivity contribution is -0.383. The van der Waals surface area contributed by atoms with Crippen LogP contribution >= 0.6 is 0 Å². The number of nitrogens with zero attached hydrogens (tertiary/aromatic N) is 1. The van der Waals surface area contributed by atoms with Crippen molar-refractivity contribution >= 4 is 11.4 Å². The molecular formula is C33H37F3N2O3. The van der Waals surface area contributed by atoms with E-state index in [1.165, 1.54) is 47.0 Å². The number of halogens is 3. The molecule has 0 unspecified atom stereocenters. The molecule has 0 spiro atoms. The second-order valence-electron chi connectivity index (χ2n) is 12.5. The van der Waals surface area contributed by atoms with Crippen molar-refractivity contribution in [2.75, 3.05) is 11.9 Å². The fourth-order valence-electron chi connectivity index (χ4n) is 7.37. The molecule has 5 rings (SSSR count). The molecule has 0 aromatic heterocycles. The van der Waals surface area contributed by atoms with Gasteiger partial charge in [0, 0.05) is 12.6 Å².